The van der Waals surface area contributed by atoms with Gasteiger partial charge in [-0.2, -0.15) is 0 Å². The predicted molar refractivity (Wildman–Crippen MR) is 138 cm³/mol. The van der Waals surface area contributed by atoms with E-state index in [0.717, 1.165) is 42.4 Å². The number of carbonyl (C=O) groups is 2. The summed E-state index contributed by atoms with van der Waals surface area (Å²) in [6, 6.07) is 25.0. The van der Waals surface area contributed by atoms with E-state index in [0.29, 0.717) is 5.75 Å². The van der Waals surface area contributed by atoms with E-state index in [4.69, 9.17) is 9.47 Å². The monoisotopic (exact) mass is 507 g/mol. The molecule has 3 aromatic rings. The normalized spacial score (nSPS) is 33.8. The molecular formula is C32H29NO5. The van der Waals surface area contributed by atoms with Gasteiger partial charge in [-0.25, -0.2) is 0 Å². The molecule has 3 aliphatic heterocycles. The molecule has 0 radical (unpaired) electrons. The highest BCUT2D eigenvalue weighted by Crippen LogP contribution is 2.74. The maximum atomic E-state index is 14.4. The first-order valence-electron chi connectivity index (χ1n) is 13.7. The smallest absolute Gasteiger partial charge is 0.234 e. The summed E-state index contributed by atoms with van der Waals surface area (Å²) in [4.78, 5) is 30.1. The van der Waals surface area contributed by atoms with Gasteiger partial charge < -0.3 is 14.6 Å². The van der Waals surface area contributed by atoms with Gasteiger partial charge in [-0.3, -0.25) is 14.5 Å². The Labute approximate surface area is 221 Å². The number of rotatable bonds is 3. The zero-order valence-electron chi connectivity index (χ0n) is 21.0. The van der Waals surface area contributed by atoms with Gasteiger partial charge >= 0.3 is 0 Å². The van der Waals surface area contributed by atoms with Gasteiger partial charge in [0.05, 0.1) is 18.4 Å². The molecule has 0 aromatic heterocycles. The minimum atomic E-state index is -0.716. The number of imide groups is 1. The average molecular weight is 508 g/mol. The Balaban J connectivity index is 1.32. The van der Waals surface area contributed by atoms with Crippen molar-refractivity contribution in [1.82, 2.24) is 4.90 Å². The number of carbonyl (C=O) groups excluding carboxylic acids is 2. The van der Waals surface area contributed by atoms with E-state index in [1.165, 1.54) is 4.90 Å². The molecular weight excluding hydrogens is 478 g/mol. The van der Waals surface area contributed by atoms with E-state index in [1.807, 2.05) is 54.6 Å². The van der Waals surface area contributed by atoms with Crippen LogP contribution >= 0.6 is 0 Å². The topological polar surface area (TPSA) is 79.4 Å². The van der Waals surface area contributed by atoms with Crippen LogP contribution in [0, 0.1) is 17.8 Å². The van der Waals surface area contributed by atoms with Crippen LogP contribution in [0.1, 0.15) is 48.3 Å². The van der Waals surface area contributed by atoms with Gasteiger partial charge in [0.1, 0.15) is 28.8 Å². The molecule has 6 nitrogen and oxygen atoms in total. The predicted octanol–water partition coefficient (Wildman–Crippen LogP) is 4.91. The van der Waals surface area contributed by atoms with Crippen LogP contribution in [-0.2, 0) is 26.5 Å². The Morgan fingerprint density at radius 2 is 1.53 bits per heavy atom. The quantitative estimate of drug-likeness (QED) is 0.403. The fourth-order valence-electron chi connectivity index (χ4n) is 8.39. The number of epoxide rings is 1. The minimum Gasteiger partial charge on any atom is -0.508 e. The fraction of sp³-hybridized carbons (Fsp3) is 0.375. The lowest BCUT2D eigenvalue weighted by Crippen LogP contribution is -2.60. The summed E-state index contributed by atoms with van der Waals surface area (Å²) in [5.74, 6) is -0.956. The lowest BCUT2D eigenvalue weighted by molar-refractivity contribution is -0.145. The first kappa shape index (κ1) is 22.4. The maximum Gasteiger partial charge on any atom is 0.234 e. The van der Waals surface area contributed by atoms with Crippen LogP contribution in [0.15, 0.2) is 78.9 Å². The summed E-state index contributed by atoms with van der Waals surface area (Å²) in [6.07, 6.45) is 3.38. The van der Waals surface area contributed by atoms with Crippen molar-refractivity contribution in [3.63, 3.8) is 0 Å². The number of hydrogen-bond donors (Lipinski definition) is 1. The Hall–Kier alpha value is -3.64. The molecule has 8 rings (SSSR count). The molecule has 38 heavy (non-hydrogen) atoms. The maximum absolute atomic E-state index is 14.4. The second-order valence-electron chi connectivity index (χ2n) is 11.6. The third kappa shape index (κ3) is 2.81. The summed E-state index contributed by atoms with van der Waals surface area (Å²) < 4.78 is 13.6. The van der Waals surface area contributed by atoms with Crippen molar-refractivity contribution < 1.29 is 24.2 Å². The number of likely N-dealkylation sites (tertiary alicyclic amines) is 1. The molecule has 6 heteroatoms. The molecule has 6 atom stereocenters. The minimum absolute atomic E-state index is 0.105. The Kier molecular flexibility index (Phi) is 4.53. The number of ether oxygens (including phenoxy) is 2. The molecule has 1 N–H and O–H groups in total. The van der Waals surface area contributed by atoms with E-state index in [9.17, 15) is 14.7 Å². The largest absolute Gasteiger partial charge is 0.508 e. The molecule has 2 saturated heterocycles. The van der Waals surface area contributed by atoms with Crippen molar-refractivity contribution in [3.05, 3.63) is 95.6 Å². The number of aromatic hydroxyl groups is 1. The summed E-state index contributed by atoms with van der Waals surface area (Å²) in [6.45, 7) is 0.274. The summed E-state index contributed by atoms with van der Waals surface area (Å²) >= 11 is 0. The van der Waals surface area contributed by atoms with Gasteiger partial charge in [-0.05, 0) is 48.9 Å². The van der Waals surface area contributed by atoms with Crippen molar-refractivity contribution in [3.8, 4) is 11.5 Å². The van der Waals surface area contributed by atoms with Crippen LogP contribution in [0.5, 0.6) is 11.5 Å². The molecule has 2 amide bonds. The van der Waals surface area contributed by atoms with Crippen LogP contribution in [0.25, 0.3) is 0 Å². The highest BCUT2D eigenvalue weighted by Gasteiger charge is 2.82. The SMILES string of the molecule is O=C1[C@@H]2[C@H](C(=O)N1Cc1ccccc1)[C@@H]1C3(CCCC3)Oc3cc(O)ccc3[C@@]13O[C@H]3[C@@H]2c1ccccc1. The highest BCUT2D eigenvalue weighted by atomic mass is 16.6. The van der Waals surface area contributed by atoms with E-state index in [2.05, 4.69) is 12.1 Å². The molecule has 3 heterocycles. The summed E-state index contributed by atoms with van der Waals surface area (Å²) in [5.41, 5.74) is 1.54. The van der Waals surface area contributed by atoms with Crippen LogP contribution in [0.3, 0.4) is 0 Å². The Morgan fingerprint density at radius 1 is 0.842 bits per heavy atom. The molecule has 2 aliphatic carbocycles. The van der Waals surface area contributed by atoms with Crippen molar-refractivity contribution in [2.45, 2.75) is 55.5 Å². The van der Waals surface area contributed by atoms with Gasteiger partial charge in [0, 0.05) is 23.5 Å². The summed E-state index contributed by atoms with van der Waals surface area (Å²) in [7, 11) is 0. The number of benzene rings is 3. The third-order valence-corrected chi connectivity index (χ3v) is 9.79. The van der Waals surface area contributed by atoms with Gasteiger partial charge in [0.2, 0.25) is 11.8 Å². The zero-order chi connectivity index (χ0) is 25.6. The molecule has 2 spiro atoms. The van der Waals surface area contributed by atoms with Gasteiger partial charge in [0.25, 0.3) is 0 Å². The number of nitrogens with zero attached hydrogens (tertiary/aromatic N) is 1. The molecule has 3 aromatic carbocycles. The zero-order valence-corrected chi connectivity index (χ0v) is 21.0. The standard InChI is InChI=1S/C32H29NO5/c34-21-13-14-22-23(17-21)37-31(15-7-8-16-31)27-26-25(24(28-32(22,27)38-28)20-11-5-2-6-12-20)29(35)33(30(26)36)18-19-9-3-1-4-10-19/h1-6,9-14,17,24-28,34H,7-8,15-16,18H2/t24-,25+,26+,27-,28+,32-/m1/s1. The van der Waals surface area contributed by atoms with Gasteiger partial charge in [0.15, 0.2) is 0 Å². The van der Waals surface area contributed by atoms with Crippen LogP contribution in [-0.4, -0.2) is 33.5 Å². The summed E-state index contributed by atoms with van der Waals surface area (Å²) in [5, 5.41) is 10.3. The van der Waals surface area contributed by atoms with E-state index >= 15 is 0 Å². The van der Waals surface area contributed by atoms with Gasteiger partial charge in [-0.15, -0.1) is 0 Å². The average Bonchev–Trinajstić information content (AvgIpc) is 3.41. The molecule has 5 aliphatic rings. The number of phenolic OH excluding ortho intramolecular Hbond substituents is 1. The van der Waals surface area contributed by atoms with E-state index in [1.54, 1.807) is 12.1 Å². The van der Waals surface area contributed by atoms with Gasteiger partial charge in [-0.1, -0.05) is 60.7 Å². The lowest BCUT2D eigenvalue weighted by Gasteiger charge is -2.51. The Bertz CT molecular complexity index is 1450. The lowest BCUT2D eigenvalue weighted by atomic mass is 9.54. The second-order valence-corrected chi connectivity index (χ2v) is 11.6. The van der Waals surface area contributed by atoms with Crippen molar-refractivity contribution >= 4 is 11.8 Å². The highest BCUT2D eigenvalue weighted by molar-refractivity contribution is 6.06. The van der Waals surface area contributed by atoms with Crippen LogP contribution in [0.2, 0.25) is 0 Å². The van der Waals surface area contributed by atoms with Crippen LogP contribution in [0.4, 0.5) is 0 Å². The van der Waals surface area contributed by atoms with Crippen molar-refractivity contribution in [1.29, 1.82) is 0 Å². The van der Waals surface area contributed by atoms with Crippen molar-refractivity contribution in [2.75, 3.05) is 0 Å². The Morgan fingerprint density at radius 3 is 2.26 bits per heavy atom. The molecule has 0 bridgehead atoms. The first-order valence-corrected chi connectivity index (χ1v) is 13.7. The van der Waals surface area contributed by atoms with Crippen LogP contribution < -0.4 is 4.74 Å². The van der Waals surface area contributed by atoms with E-state index in [-0.39, 0.29) is 42.0 Å². The number of hydrogen-bond acceptors (Lipinski definition) is 5. The second kappa shape index (κ2) is 7.70. The number of phenols is 1. The fourth-order valence-corrected chi connectivity index (χ4v) is 8.39. The first-order chi connectivity index (χ1) is 18.5. The van der Waals surface area contributed by atoms with Crippen molar-refractivity contribution in [2.24, 2.45) is 17.8 Å². The molecule has 192 valence electrons. The molecule has 4 fully saturated rings. The number of amides is 2. The number of fused-ring (bicyclic) bond motifs is 4. The van der Waals surface area contributed by atoms with E-state index < -0.39 is 23.0 Å². The molecule has 2 saturated carbocycles. The third-order valence-electron chi connectivity index (χ3n) is 9.79. The molecule has 0 unspecified atom stereocenters.